The number of nitrogen functional groups attached to an aromatic ring is 1. The molecule has 0 aliphatic heterocycles. The van der Waals surface area contributed by atoms with Gasteiger partial charge in [-0.05, 0) is 6.07 Å². The highest BCUT2D eigenvalue weighted by molar-refractivity contribution is 6.27. The molecule has 88 valence electrons. The molecule has 3 nitrogen and oxygen atoms in total. The standard InChI is InChI=1S/C10H10ClF2NO2/c11-5-8(15)3-6-1-2-7(14)4-9(6)16-10(12)13/h1-2,4,10H,3,5,14H2. The molecular formula is C10H10ClF2NO2. The van der Waals surface area contributed by atoms with Gasteiger partial charge in [0.05, 0.1) is 5.88 Å². The van der Waals surface area contributed by atoms with Crippen LogP contribution in [0.5, 0.6) is 5.75 Å². The molecule has 0 radical (unpaired) electrons. The molecule has 1 aromatic rings. The number of carbonyl (C=O) groups excluding carboxylic acids is 1. The average molecular weight is 250 g/mol. The molecule has 0 amide bonds. The predicted molar refractivity (Wildman–Crippen MR) is 56.9 cm³/mol. The van der Waals surface area contributed by atoms with Crippen LogP contribution in [0.15, 0.2) is 18.2 Å². The summed E-state index contributed by atoms with van der Waals surface area (Å²) in [5.41, 5.74) is 6.07. The van der Waals surface area contributed by atoms with Crippen LogP contribution < -0.4 is 10.5 Å². The van der Waals surface area contributed by atoms with E-state index >= 15 is 0 Å². The smallest absolute Gasteiger partial charge is 0.387 e. The number of carbonyl (C=O) groups is 1. The summed E-state index contributed by atoms with van der Waals surface area (Å²) in [7, 11) is 0. The van der Waals surface area contributed by atoms with Crippen molar-refractivity contribution < 1.29 is 18.3 Å². The van der Waals surface area contributed by atoms with Crippen LogP contribution in [0.4, 0.5) is 14.5 Å². The Balaban J connectivity index is 2.93. The Labute approximate surface area is 96.1 Å². The number of rotatable bonds is 5. The summed E-state index contributed by atoms with van der Waals surface area (Å²) in [4.78, 5) is 11.1. The Kier molecular flexibility index (Phi) is 4.49. The first kappa shape index (κ1) is 12.7. The zero-order chi connectivity index (χ0) is 12.1. The lowest BCUT2D eigenvalue weighted by Gasteiger charge is -2.10. The van der Waals surface area contributed by atoms with Gasteiger partial charge in [0.1, 0.15) is 5.75 Å². The Morgan fingerprint density at radius 3 is 2.75 bits per heavy atom. The minimum Gasteiger partial charge on any atom is -0.434 e. The van der Waals surface area contributed by atoms with Crippen molar-refractivity contribution in [3.8, 4) is 5.75 Å². The molecule has 0 aliphatic rings. The number of hydrogen-bond acceptors (Lipinski definition) is 3. The molecule has 6 heteroatoms. The number of nitrogens with two attached hydrogens (primary N) is 1. The van der Waals surface area contributed by atoms with Crippen molar-refractivity contribution in [2.45, 2.75) is 13.0 Å². The average Bonchev–Trinajstić information content (AvgIpc) is 2.21. The van der Waals surface area contributed by atoms with Crippen molar-refractivity contribution in [2.75, 3.05) is 11.6 Å². The van der Waals surface area contributed by atoms with Gasteiger partial charge in [-0.25, -0.2) is 0 Å². The number of anilines is 1. The third-order valence-corrected chi connectivity index (χ3v) is 2.14. The van der Waals surface area contributed by atoms with E-state index in [1.807, 2.05) is 0 Å². The Morgan fingerprint density at radius 1 is 1.50 bits per heavy atom. The Morgan fingerprint density at radius 2 is 2.19 bits per heavy atom. The van der Waals surface area contributed by atoms with E-state index in [9.17, 15) is 13.6 Å². The van der Waals surface area contributed by atoms with Gasteiger partial charge in [0.2, 0.25) is 0 Å². The van der Waals surface area contributed by atoms with E-state index in [-0.39, 0.29) is 29.5 Å². The second-order valence-corrected chi connectivity index (χ2v) is 3.36. The van der Waals surface area contributed by atoms with Crippen LogP contribution in [-0.2, 0) is 11.2 Å². The first-order valence-corrected chi connectivity index (χ1v) is 4.97. The molecule has 0 bridgehead atoms. The highest BCUT2D eigenvalue weighted by atomic mass is 35.5. The number of benzene rings is 1. The summed E-state index contributed by atoms with van der Waals surface area (Å²) in [5, 5.41) is 0. The lowest BCUT2D eigenvalue weighted by Crippen LogP contribution is -2.09. The second-order valence-electron chi connectivity index (χ2n) is 3.09. The molecule has 0 atom stereocenters. The number of ether oxygens (including phenoxy) is 1. The molecule has 1 aromatic carbocycles. The highest BCUT2D eigenvalue weighted by Gasteiger charge is 2.12. The maximum atomic E-state index is 12.1. The van der Waals surface area contributed by atoms with E-state index in [2.05, 4.69) is 4.74 Å². The minimum absolute atomic E-state index is 0.0498. The molecule has 2 N–H and O–H groups in total. The molecule has 16 heavy (non-hydrogen) atoms. The largest absolute Gasteiger partial charge is 0.434 e. The van der Waals surface area contributed by atoms with Gasteiger partial charge in [-0.1, -0.05) is 6.07 Å². The van der Waals surface area contributed by atoms with Crippen molar-refractivity contribution in [3.63, 3.8) is 0 Å². The summed E-state index contributed by atoms with van der Waals surface area (Å²) < 4.78 is 28.4. The van der Waals surface area contributed by atoms with Crippen LogP contribution in [0.25, 0.3) is 0 Å². The molecule has 0 spiro atoms. The van der Waals surface area contributed by atoms with Crippen molar-refractivity contribution in [3.05, 3.63) is 23.8 Å². The van der Waals surface area contributed by atoms with Crippen LogP contribution in [0, 0.1) is 0 Å². The number of hydrogen-bond donors (Lipinski definition) is 1. The van der Waals surface area contributed by atoms with Gasteiger partial charge in [-0.3, -0.25) is 4.79 Å². The number of Topliss-reactive ketones (excluding diaryl/α,β-unsaturated/α-hetero) is 1. The topological polar surface area (TPSA) is 52.3 Å². The second kappa shape index (κ2) is 5.65. The van der Waals surface area contributed by atoms with E-state index in [0.29, 0.717) is 5.56 Å². The summed E-state index contributed by atoms with van der Waals surface area (Å²) in [6, 6.07) is 4.23. The van der Waals surface area contributed by atoms with Gasteiger partial charge in [-0.2, -0.15) is 8.78 Å². The van der Waals surface area contributed by atoms with Gasteiger partial charge in [0.25, 0.3) is 0 Å². The number of ketones is 1. The molecule has 0 unspecified atom stereocenters. The maximum absolute atomic E-state index is 12.1. The molecule has 0 fully saturated rings. The molecule has 0 saturated carbocycles. The molecule has 0 saturated heterocycles. The van der Waals surface area contributed by atoms with Gasteiger partial charge < -0.3 is 10.5 Å². The van der Waals surface area contributed by atoms with Crippen molar-refractivity contribution in [1.82, 2.24) is 0 Å². The van der Waals surface area contributed by atoms with E-state index in [4.69, 9.17) is 17.3 Å². The summed E-state index contributed by atoms with van der Waals surface area (Å²) in [6.45, 7) is -2.95. The predicted octanol–water partition coefficient (Wildman–Crippen LogP) is 2.22. The normalized spacial score (nSPS) is 10.5. The summed E-state index contributed by atoms with van der Waals surface area (Å²) >= 11 is 5.33. The fraction of sp³-hybridized carbons (Fsp3) is 0.300. The third kappa shape index (κ3) is 3.66. The van der Waals surface area contributed by atoms with Crippen LogP contribution in [0.3, 0.4) is 0 Å². The SMILES string of the molecule is Nc1ccc(CC(=O)CCl)c(OC(F)F)c1. The summed E-state index contributed by atoms with van der Waals surface area (Å²) in [5.74, 6) is -0.530. The van der Waals surface area contributed by atoms with Gasteiger partial charge >= 0.3 is 6.61 Å². The lowest BCUT2D eigenvalue weighted by atomic mass is 10.1. The molecule has 0 aromatic heterocycles. The van der Waals surface area contributed by atoms with Gasteiger partial charge in [0.15, 0.2) is 5.78 Å². The minimum atomic E-state index is -2.95. The van der Waals surface area contributed by atoms with Crippen molar-refractivity contribution in [1.29, 1.82) is 0 Å². The Hall–Kier alpha value is -1.36. The van der Waals surface area contributed by atoms with Crippen molar-refractivity contribution in [2.24, 2.45) is 0 Å². The molecule has 0 heterocycles. The van der Waals surface area contributed by atoms with E-state index in [1.54, 1.807) is 0 Å². The zero-order valence-corrected chi connectivity index (χ0v) is 9.01. The number of alkyl halides is 3. The maximum Gasteiger partial charge on any atom is 0.387 e. The fourth-order valence-corrected chi connectivity index (χ4v) is 1.28. The van der Waals surface area contributed by atoms with Crippen LogP contribution in [0.2, 0.25) is 0 Å². The van der Waals surface area contributed by atoms with Gasteiger partial charge in [-0.15, -0.1) is 11.6 Å². The molecule has 0 aliphatic carbocycles. The first-order valence-electron chi connectivity index (χ1n) is 4.44. The zero-order valence-electron chi connectivity index (χ0n) is 8.25. The summed E-state index contributed by atoms with van der Waals surface area (Å²) in [6.07, 6.45) is -0.0498. The van der Waals surface area contributed by atoms with E-state index in [1.165, 1.54) is 18.2 Å². The highest BCUT2D eigenvalue weighted by Crippen LogP contribution is 2.24. The van der Waals surface area contributed by atoms with E-state index < -0.39 is 6.61 Å². The monoisotopic (exact) mass is 249 g/mol. The van der Waals surface area contributed by atoms with Crippen LogP contribution >= 0.6 is 11.6 Å². The van der Waals surface area contributed by atoms with Crippen LogP contribution in [0.1, 0.15) is 5.56 Å². The number of halogens is 3. The molecular weight excluding hydrogens is 240 g/mol. The fourth-order valence-electron chi connectivity index (χ4n) is 1.18. The lowest BCUT2D eigenvalue weighted by molar-refractivity contribution is -0.116. The first-order chi connectivity index (χ1) is 7.52. The quantitative estimate of drug-likeness (QED) is 0.643. The third-order valence-electron chi connectivity index (χ3n) is 1.84. The Bertz CT molecular complexity index is 385. The molecule has 1 rings (SSSR count). The van der Waals surface area contributed by atoms with Crippen LogP contribution in [-0.4, -0.2) is 18.3 Å². The van der Waals surface area contributed by atoms with E-state index in [0.717, 1.165) is 0 Å². The van der Waals surface area contributed by atoms with Crippen molar-refractivity contribution >= 4 is 23.1 Å². The van der Waals surface area contributed by atoms with Gasteiger partial charge in [0, 0.05) is 23.7 Å².